The molecule has 0 heterocycles. The zero-order valence-electron chi connectivity index (χ0n) is 13.6. The molecule has 5 heteroatoms. The van der Waals surface area contributed by atoms with Crippen LogP contribution in [0.15, 0.2) is 0 Å². The summed E-state index contributed by atoms with van der Waals surface area (Å²) in [6, 6.07) is -0.323. The fraction of sp³-hybridized carbons (Fsp3) is 0.867. The molecule has 1 N–H and O–H groups in total. The van der Waals surface area contributed by atoms with Crippen LogP contribution in [0.2, 0.25) is 0 Å². The Kier molecular flexibility index (Phi) is 9.01. The van der Waals surface area contributed by atoms with Crippen LogP contribution in [0.4, 0.5) is 4.79 Å². The van der Waals surface area contributed by atoms with Gasteiger partial charge in [-0.3, -0.25) is 4.79 Å². The summed E-state index contributed by atoms with van der Waals surface area (Å²) >= 11 is 0. The van der Waals surface area contributed by atoms with Gasteiger partial charge in [0.1, 0.15) is 0 Å². The van der Waals surface area contributed by atoms with Gasteiger partial charge in [-0.05, 0) is 26.7 Å². The van der Waals surface area contributed by atoms with Crippen molar-refractivity contribution in [2.75, 3.05) is 19.6 Å². The molecule has 1 atom stereocenters. The Morgan fingerprint density at radius 2 is 1.60 bits per heavy atom. The van der Waals surface area contributed by atoms with Crippen molar-refractivity contribution in [3.63, 3.8) is 0 Å². The molecule has 0 saturated heterocycles. The third-order valence-corrected chi connectivity index (χ3v) is 3.87. The molecule has 0 aliphatic carbocycles. The van der Waals surface area contributed by atoms with E-state index in [-0.39, 0.29) is 18.5 Å². The summed E-state index contributed by atoms with van der Waals surface area (Å²) in [6.07, 6.45) is 2.09. The van der Waals surface area contributed by atoms with Crippen molar-refractivity contribution in [3.8, 4) is 0 Å². The van der Waals surface area contributed by atoms with Crippen molar-refractivity contribution in [2.24, 2.45) is 5.92 Å². The Morgan fingerprint density at radius 1 is 1.05 bits per heavy atom. The number of carbonyl (C=O) groups is 2. The van der Waals surface area contributed by atoms with Crippen LogP contribution in [0, 0.1) is 5.92 Å². The molecule has 20 heavy (non-hydrogen) atoms. The van der Waals surface area contributed by atoms with Gasteiger partial charge in [-0.25, -0.2) is 4.79 Å². The second kappa shape index (κ2) is 9.61. The lowest BCUT2D eigenvalue weighted by atomic mass is 10.0. The maximum absolute atomic E-state index is 12.6. The minimum absolute atomic E-state index is 0.0118. The molecule has 0 aromatic carbocycles. The van der Waals surface area contributed by atoms with Crippen molar-refractivity contribution in [2.45, 2.75) is 59.9 Å². The van der Waals surface area contributed by atoms with Gasteiger partial charge < -0.3 is 14.9 Å². The molecule has 0 aliphatic rings. The largest absolute Gasteiger partial charge is 0.481 e. The number of nitrogens with zero attached hydrogens (tertiary/aromatic N) is 2. The van der Waals surface area contributed by atoms with E-state index in [1.807, 2.05) is 18.7 Å². The van der Waals surface area contributed by atoms with Gasteiger partial charge in [0.2, 0.25) is 0 Å². The van der Waals surface area contributed by atoms with Gasteiger partial charge in [0.25, 0.3) is 0 Å². The lowest BCUT2D eigenvalue weighted by Crippen LogP contribution is -2.49. The topological polar surface area (TPSA) is 60.9 Å². The first kappa shape index (κ1) is 18.7. The molecule has 0 radical (unpaired) electrons. The van der Waals surface area contributed by atoms with Crippen molar-refractivity contribution < 1.29 is 14.7 Å². The highest BCUT2D eigenvalue weighted by molar-refractivity contribution is 5.76. The molecular weight excluding hydrogens is 256 g/mol. The monoisotopic (exact) mass is 286 g/mol. The van der Waals surface area contributed by atoms with Crippen molar-refractivity contribution >= 4 is 12.0 Å². The average molecular weight is 286 g/mol. The van der Waals surface area contributed by atoms with E-state index in [1.165, 1.54) is 0 Å². The molecule has 0 rings (SSSR count). The van der Waals surface area contributed by atoms with Gasteiger partial charge in [-0.1, -0.05) is 26.7 Å². The van der Waals surface area contributed by atoms with Gasteiger partial charge in [0.05, 0.1) is 6.42 Å². The Labute approximate surface area is 122 Å². The van der Waals surface area contributed by atoms with Crippen LogP contribution in [-0.2, 0) is 4.79 Å². The maximum atomic E-state index is 12.6. The predicted molar refractivity (Wildman–Crippen MR) is 80.8 cm³/mol. The Hall–Kier alpha value is -1.26. The molecule has 0 bridgehead atoms. The molecule has 5 nitrogen and oxygen atoms in total. The van der Waals surface area contributed by atoms with E-state index < -0.39 is 5.97 Å². The number of urea groups is 1. The predicted octanol–water partition coefficient (Wildman–Crippen LogP) is 3.05. The van der Waals surface area contributed by atoms with Crippen LogP contribution in [-0.4, -0.2) is 52.6 Å². The summed E-state index contributed by atoms with van der Waals surface area (Å²) in [5.41, 5.74) is 0. The normalized spacial score (nSPS) is 12.3. The average Bonchev–Trinajstić information content (AvgIpc) is 2.40. The highest BCUT2D eigenvalue weighted by Gasteiger charge is 2.25. The van der Waals surface area contributed by atoms with Gasteiger partial charge in [-0.2, -0.15) is 0 Å². The number of carboxylic acids is 1. The first-order valence-electron chi connectivity index (χ1n) is 7.68. The quantitative estimate of drug-likeness (QED) is 0.708. The second-order valence-corrected chi connectivity index (χ2v) is 5.24. The van der Waals surface area contributed by atoms with E-state index in [1.54, 1.807) is 11.8 Å². The van der Waals surface area contributed by atoms with E-state index in [4.69, 9.17) is 5.11 Å². The van der Waals surface area contributed by atoms with Crippen LogP contribution < -0.4 is 0 Å². The van der Waals surface area contributed by atoms with Crippen LogP contribution in [0.3, 0.4) is 0 Å². The molecule has 0 aromatic rings. The van der Waals surface area contributed by atoms with Gasteiger partial charge in [-0.15, -0.1) is 0 Å². The number of carboxylic acid groups (broad SMARTS) is 1. The molecular formula is C15H30N2O3. The van der Waals surface area contributed by atoms with Crippen molar-refractivity contribution in [3.05, 3.63) is 0 Å². The van der Waals surface area contributed by atoms with Crippen LogP contribution in [0.1, 0.15) is 53.9 Å². The summed E-state index contributed by atoms with van der Waals surface area (Å²) in [7, 11) is 0. The van der Waals surface area contributed by atoms with E-state index in [0.29, 0.717) is 19.0 Å². The summed E-state index contributed by atoms with van der Waals surface area (Å²) in [5.74, 6) is -0.362. The van der Waals surface area contributed by atoms with E-state index in [0.717, 1.165) is 19.4 Å². The number of hydrogen-bond acceptors (Lipinski definition) is 2. The van der Waals surface area contributed by atoms with Crippen LogP contribution in [0.5, 0.6) is 0 Å². The van der Waals surface area contributed by atoms with E-state index in [9.17, 15) is 9.59 Å². The molecule has 0 spiro atoms. The van der Waals surface area contributed by atoms with Gasteiger partial charge in [0.15, 0.2) is 0 Å². The number of amides is 2. The molecule has 0 fully saturated rings. The van der Waals surface area contributed by atoms with Crippen LogP contribution in [0.25, 0.3) is 0 Å². The highest BCUT2D eigenvalue weighted by atomic mass is 16.4. The minimum Gasteiger partial charge on any atom is -0.481 e. The Balaban J connectivity index is 4.80. The molecule has 118 valence electrons. The summed E-state index contributed by atoms with van der Waals surface area (Å²) < 4.78 is 0. The zero-order valence-corrected chi connectivity index (χ0v) is 13.6. The molecule has 0 saturated carbocycles. The summed E-state index contributed by atoms with van der Waals surface area (Å²) in [4.78, 5) is 26.9. The fourth-order valence-electron chi connectivity index (χ4n) is 2.38. The molecule has 2 amide bonds. The molecule has 0 aromatic heterocycles. The van der Waals surface area contributed by atoms with Gasteiger partial charge >= 0.3 is 12.0 Å². The second-order valence-electron chi connectivity index (χ2n) is 5.24. The Morgan fingerprint density at radius 3 is 1.95 bits per heavy atom. The summed E-state index contributed by atoms with van der Waals surface area (Å²) in [5, 5.41) is 8.88. The lowest BCUT2D eigenvalue weighted by molar-refractivity contribution is -0.138. The minimum atomic E-state index is -0.869. The number of carbonyl (C=O) groups excluding carboxylic acids is 1. The van der Waals surface area contributed by atoms with Gasteiger partial charge in [0, 0.05) is 25.7 Å². The third kappa shape index (κ3) is 5.80. The number of aliphatic carboxylic acids is 1. The number of hydrogen-bond donors (Lipinski definition) is 1. The SMILES string of the molecule is CCC(CC)CN(CC)C(=O)N(CC)C(C)CC(=O)O. The zero-order chi connectivity index (χ0) is 15.7. The molecule has 1 unspecified atom stereocenters. The van der Waals surface area contributed by atoms with Crippen molar-refractivity contribution in [1.29, 1.82) is 0 Å². The van der Waals surface area contributed by atoms with Crippen molar-refractivity contribution in [1.82, 2.24) is 9.80 Å². The first-order valence-corrected chi connectivity index (χ1v) is 7.68. The first-order chi connectivity index (χ1) is 9.40. The van der Waals surface area contributed by atoms with E-state index >= 15 is 0 Å². The summed E-state index contributed by atoms with van der Waals surface area (Å²) in [6.45, 7) is 11.9. The standard InChI is InChI=1S/C15H30N2O3/c1-6-13(7-2)11-16(8-3)15(20)17(9-4)12(5)10-14(18)19/h12-13H,6-11H2,1-5H3,(H,18,19). The number of rotatable bonds is 9. The fourth-order valence-corrected chi connectivity index (χ4v) is 2.38. The Bertz CT molecular complexity index is 303. The third-order valence-electron chi connectivity index (χ3n) is 3.87. The maximum Gasteiger partial charge on any atom is 0.320 e. The lowest BCUT2D eigenvalue weighted by Gasteiger charge is -2.34. The molecule has 0 aliphatic heterocycles. The van der Waals surface area contributed by atoms with E-state index in [2.05, 4.69) is 13.8 Å². The highest BCUT2D eigenvalue weighted by Crippen LogP contribution is 2.14. The van der Waals surface area contributed by atoms with Crippen LogP contribution >= 0.6 is 0 Å². The smallest absolute Gasteiger partial charge is 0.320 e.